The number of nitrogens with zero attached hydrogens (tertiary/aromatic N) is 3. The van der Waals surface area contributed by atoms with Gasteiger partial charge in [-0.15, -0.1) is 24.0 Å². The minimum Gasteiger partial charge on any atom is -0.379 e. The molecule has 3 heterocycles. The molecule has 2 aromatic rings. The van der Waals surface area contributed by atoms with Gasteiger partial charge in [-0.3, -0.25) is 9.89 Å². The number of ether oxygens (including phenoxy) is 1. The van der Waals surface area contributed by atoms with Gasteiger partial charge in [0, 0.05) is 62.4 Å². The Hall–Kier alpha value is -1.32. The van der Waals surface area contributed by atoms with Crippen LogP contribution < -0.4 is 5.32 Å². The van der Waals surface area contributed by atoms with E-state index < -0.39 is 0 Å². The summed E-state index contributed by atoms with van der Waals surface area (Å²) in [5, 5.41) is 4.85. The topological polar surface area (TPSA) is 55.9 Å². The molecule has 6 nitrogen and oxygen atoms in total. The maximum absolute atomic E-state index is 5.51. The van der Waals surface area contributed by atoms with Crippen molar-refractivity contribution < 1.29 is 4.74 Å². The average Bonchev–Trinajstić information content (AvgIpc) is 3.41. The number of guanidine groups is 1. The Morgan fingerprint density at radius 2 is 2.03 bits per heavy atom. The van der Waals surface area contributed by atoms with Gasteiger partial charge in [-0.05, 0) is 37.3 Å². The molecule has 0 bridgehead atoms. The van der Waals surface area contributed by atoms with Gasteiger partial charge in [0.15, 0.2) is 5.96 Å². The summed E-state index contributed by atoms with van der Waals surface area (Å²) in [6, 6.07) is 7.23. The first-order valence-corrected chi connectivity index (χ1v) is 11.2. The Labute approximate surface area is 197 Å². The lowest BCUT2D eigenvalue weighted by Crippen LogP contribution is -2.46. The van der Waals surface area contributed by atoms with Crippen LogP contribution in [0, 0.1) is 0 Å². The molecule has 1 atom stereocenters. The zero-order valence-corrected chi connectivity index (χ0v) is 20.7. The highest BCUT2D eigenvalue weighted by atomic mass is 127. The second-order valence-corrected chi connectivity index (χ2v) is 8.03. The molecule has 0 spiro atoms. The van der Waals surface area contributed by atoms with Crippen LogP contribution in [-0.4, -0.2) is 79.3 Å². The van der Waals surface area contributed by atoms with Gasteiger partial charge in [-0.1, -0.05) is 25.1 Å². The number of aliphatic imine (C=N–C) groups is 1. The van der Waals surface area contributed by atoms with Crippen LogP contribution in [0.25, 0.3) is 10.9 Å². The number of hydrogen-bond acceptors (Lipinski definition) is 3. The molecule has 7 heteroatoms. The number of rotatable bonds is 6. The van der Waals surface area contributed by atoms with Crippen molar-refractivity contribution in [1.82, 2.24) is 20.1 Å². The van der Waals surface area contributed by atoms with Crippen molar-refractivity contribution in [2.24, 2.45) is 4.99 Å². The van der Waals surface area contributed by atoms with Crippen molar-refractivity contribution in [3.63, 3.8) is 0 Å². The highest BCUT2D eigenvalue weighted by molar-refractivity contribution is 14.0. The van der Waals surface area contributed by atoms with Crippen LogP contribution in [0.5, 0.6) is 0 Å². The van der Waals surface area contributed by atoms with E-state index in [0.717, 1.165) is 71.3 Å². The minimum absolute atomic E-state index is 0. The van der Waals surface area contributed by atoms with Gasteiger partial charge in [0.2, 0.25) is 0 Å². The minimum atomic E-state index is 0. The van der Waals surface area contributed by atoms with E-state index in [1.54, 1.807) is 0 Å². The smallest absolute Gasteiger partial charge is 0.193 e. The summed E-state index contributed by atoms with van der Waals surface area (Å²) in [5.74, 6) is 1.07. The van der Waals surface area contributed by atoms with Crippen LogP contribution in [0.1, 0.15) is 31.4 Å². The Kier molecular flexibility index (Phi) is 8.83. The summed E-state index contributed by atoms with van der Waals surface area (Å²) in [5.41, 5.74) is 4.04. The first kappa shape index (κ1) is 23.3. The molecule has 4 rings (SSSR count). The van der Waals surface area contributed by atoms with Gasteiger partial charge in [-0.25, -0.2) is 0 Å². The number of aromatic nitrogens is 1. The second-order valence-electron chi connectivity index (χ2n) is 8.03. The first-order valence-electron chi connectivity index (χ1n) is 11.2. The molecule has 0 radical (unpaired) electrons. The van der Waals surface area contributed by atoms with Crippen LogP contribution in [-0.2, 0) is 17.6 Å². The van der Waals surface area contributed by atoms with Gasteiger partial charge in [0.05, 0.1) is 13.2 Å². The van der Waals surface area contributed by atoms with Gasteiger partial charge in [-0.2, -0.15) is 0 Å². The standard InChI is InChI=1S/C23H35N5O.HI/c1-3-18-6-5-7-21-19(16-26-22(18)21)8-10-25-23(24-4-2)28-11-9-20(17-28)27-12-14-29-15-13-27;/h5-7,16,20,26H,3-4,8-15,17H2,1-2H3,(H,24,25);1H. The molecular weight excluding hydrogens is 489 g/mol. The van der Waals surface area contributed by atoms with Crippen LogP contribution in [0.3, 0.4) is 0 Å². The highest BCUT2D eigenvalue weighted by Crippen LogP contribution is 2.23. The molecule has 2 aliphatic heterocycles. The summed E-state index contributed by atoms with van der Waals surface area (Å²) in [6.45, 7) is 12.1. The fourth-order valence-corrected chi connectivity index (χ4v) is 4.66. The Bertz CT molecular complexity index is 830. The van der Waals surface area contributed by atoms with Crippen LogP contribution in [0.4, 0.5) is 0 Å². The number of nitrogens with one attached hydrogen (secondary N) is 2. The van der Waals surface area contributed by atoms with Gasteiger partial charge < -0.3 is 19.9 Å². The van der Waals surface area contributed by atoms with Crippen molar-refractivity contribution in [2.45, 2.75) is 39.2 Å². The number of benzene rings is 1. The van der Waals surface area contributed by atoms with Crippen molar-refractivity contribution in [1.29, 1.82) is 0 Å². The highest BCUT2D eigenvalue weighted by Gasteiger charge is 2.30. The molecule has 0 saturated carbocycles. The third-order valence-corrected chi connectivity index (χ3v) is 6.27. The van der Waals surface area contributed by atoms with Crippen LogP contribution >= 0.6 is 24.0 Å². The number of likely N-dealkylation sites (tertiary alicyclic amines) is 1. The maximum atomic E-state index is 5.51. The Morgan fingerprint density at radius 1 is 1.20 bits per heavy atom. The summed E-state index contributed by atoms with van der Waals surface area (Å²) >= 11 is 0. The molecule has 1 aromatic heterocycles. The van der Waals surface area contributed by atoms with E-state index in [9.17, 15) is 0 Å². The van der Waals surface area contributed by atoms with Crippen molar-refractivity contribution in [3.05, 3.63) is 35.5 Å². The quantitative estimate of drug-likeness (QED) is 0.346. The zero-order chi connectivity index (χ0) is 20.1. The number of hydrogen-bond donors (Lipinski definition) is 2. The third-order valence-electron chi connectivity index (χ3n) is 6.27. The first-order chi connectivity index (χ1) is 14.3. The molecule has 1 unspecified atom stereocenters. The number of aryl methyl sites for hydroxylation is 1. The van der Waals surface area contributed by atoms with E-state index in [4.69, 9.17) is 9.73 Å². The normalized spacial score (nSPS) is 20.5. The lowest BCUT2D eigenvalue weighted by molar-refractivity contribution is 0.0195. The molecular formula is C23H36IN5O. The zero-order valence-electron chi connectivity index (χ0n) is 18.3. The largest absolute Gasteiger partial charge is 0.379 e. The van der Waals surface area contributed by atoms with Crippen molar-refractivity contribution in [2.75, 3.05) is 52.5 Å². The third kappa shape index (κ3) is 5.29. The van der Waals surface area contributed by atoms with Gasteiger partial charge >= 0.3 is 0 Å². The predicted molar refractivity (Wildman–Crippen MR) is 135 cm³/mol. The molecule has 1 aromatic carbocycles. The molecule has 0 aliphatic carbocycles. The number of halogens is 1. The SMILES string of the molecule is CCNC(=NCCc1c[nH]c2c(CC)cccc12)N1CCC(N2CCOCC2)C1.I. The number of aromatic amines is 1. The van der Waals surface area contributed by atoms with Gasteiger partial charge in [0.25, 0.3) is 0 Å². The summed E-state index contributed by atoms with van der Waals surface area (Å²) in [6.07, 6.45) is 5.39. The predicted octanol–water partition coefficient (Wildman–Crippen LogP) is 3.26. The summed E-state index contributed by atoms with van der Waals surface area (Å²) in [4.78, 5) is 13.5. The van der Waals surface area contributed by atoms with E-state index in [0.29, 0.717) is 6.04 Å². The lowest BCUT2D eigenvalue weighted by atomic mass is 10.1. The summed E-state index contributed by atoms with van der Waals surface area (Å²) < 4.78 is 5.51. The lowest BCUT2D eigenvalue weighted by Gasteiger charge is -2.32. The Balaban J connectivity index is 0.00000256. The molecule has 2 saturated heterocycles. The van der Waals surface area contributed by atoms with E-state index >= 15 is 0 Å². The number of morpholine rings is 1. The van der Waals surface area contributed by atoms with E-state index in [1.165, 1.54) is 28.5 Å². The number of H-pyrrole nitrogens is 1. The van der Waals surface area contributed by atoms with Crippen molar-refractivity contribution >= 4 is 40.8 Å². The molecule has 166 valence electrons. The van der Waals surface area contributed by atoms with Crippen LogP contribution in [0.15, 0.2) is 29.4 Å². The van der Waals surface area contributed by atoms with Crippen LogP contribution in [0.2, 0.25) is 0 Å². The maximum Gasteiger partial charge on any atom is 0.193 e. The van der Waals surface area contributed by atoms with Gasteiger partial charge in [0.1, 0.15) is 0 Å². The summed E-state index contributed by atoms with van der Waals surface area (Å²) in [7, 11) is 0. The molecule has 2 aliphatic rings. The second kappa shape index (κ2) is 11.3. The van der Waals surface area contributed by atoms with Crippen molar-refractivity contribution in [3.8, 4) is 0 Å². The van der Waals surface area contributed by atoms with E-state index in [1.807, 2.05) is 0 Å². The Morgan fingerprint density at radius 3 is 2.80 bits per heavy atom. The molecule has 2 N–H and O–H groups in total. The fourth-order valence-electron chi connectivity index (χ4n) is 4.66. The number of fused-ring (bicyclic) bond motifs is 1. The molecule has 2 fully saturated rings. The number of para-hydroxylation sites is 1. The van der Waals surface area contributed by atoms with E-state index in [2.05, 4.69) is 58.3 Å². The molecule has 0 amide bonds. The fraction of sp³-hybridized carbons (Fsp3) is 0.609. The molecule has 30 heavy (non-hydrogen) atoms. The monoisotopic (exact) mass is 525 g/mol. The van der Waals surface area contributed by atoms with E-state index in [-0.39, 0.29) is 24.0 Å². The average molecular weight is 525 g/mol.